The Bertz CT molecular complexity index is 992. The largest absolute Gasteiger partial charge is 0.494 e. The number of fused-ring (bicyclic) bond motifs is 1. The van der Waals surface area contributed by atoms with Gasteiger partial charge in [0.15, 0.2) is 0 Å². The van der Waals surface area contributed by atoms with Gasteiger partial charge in [-0.3, -0.25) is 4.79 Å². The van der Waals surface area contributed by atoms with Gasteiger partial charge < -0.3 is 19.4 Å². The molecule has 4 rings (SSSR count). The highest BCUT2D eigenvalue weighted by molar-refractivity contribution is 5.81. The van der Waals surface area contributed by atoms with Crippen LogP contribution < -0.4 is 10.1 Å². The molecule has 1 aliphatic heterocycles. The molecule has 1 aromatic heterocycles. The predicted molar refractivity (Wildman–Crippen MR) is 116 cm³/mol. The number of carbonyl (C=O) groups is 1. The Hall–Kier alpha value is -2.86. The number of para-hydroxylation sites is 2. The van der Waals surface area contributed by atoms with Gasteiger partial charge in [0.05, 0.1) is 24.2 Å². The van der Waals surface area contributed by atoms with Crippen molar-refractivity contribution in [3.05, 3.63) is 59.9 Å². The van der Waals surface area contributed by atoms with E-state index in [2.05, 4.69) is 35.0 Å². The van der Waals surface area contributed by atoms with E-state index in [9.17, 15) is 4.79 Å². The highest BCUT2D eigenvalue weighted by Crippen LogP contribution is 2.18. The minimum atomic E-state index is -0.318. The summed E-state index contributed by atoms with van der Waals surface area (Å²) in [6.45, 7) is 4.66. The van der Waals surface area contributed by atoms with E-state index in [0.29, 0.717) is 19.8 Å². The Morgan fingerprint density at radius 1 is 1.23 bits per heavy atom. The third-order valence-corrected chi connectivity index (χ3v) is 5.41. The maximum atomic E-state index is 12.3. The first-order valence-corrected chi connectivity index (χ1v) is 10.7. The maximum absolute atomic E-state index is 12.3. The molecule has 0 bridgehead atoms. The number of nitrogens with zero attached hydrogens (tertiary/aromatic N) is 2. The van der Waals surface area contributed by atoms with Gasteiger partial charge in [-0.25, -0.2) is 4.98 Å². The van der Waals surface area contributed by atoms with Gasteiger partial charge in [0.1, 0.15) is 17.7 Å². The standard InChI is InChI=1S/C24H29N3O3/c1-18-8-6-9-19(16-18)29-14-5-4-13-27-21-11-3-2-10-20(21)26-23(27)17-25-24(28)22-12-7-15-30-22/h2-3,6,8-11,16,22H,4-5,7,12-15,17H2,1H3,(H,25,28). The van der Waals surface area contributed by atoms with E-state index in [1.807, 2.05) is 30.3 Å². The molecule has 6 nitrogen and oxygen atoms in total. The summed E-state index contributed by atoms with van der Waals surface area (Å²) < 4.78 is 13.5. The van der Waals surface area contributed by atoms with Gasteiger partial charge in [-0.1, -0.05) is 24.3 Å². The fraction of sp³-hybridized carbons (Fsp3) is 0.417. The lowest BCUT2D eigenvalue weighted by molar-refractivity contribution is -0.130. The molecular formula is C24H29N3O3. The molecule has 1 atom stereocenters. The summed E-state index contributed by atoms with van der Waals surface area (Å²) in [7, 11) is 0. The first kappa shape index (κ1) is 20.4. The average molecular weight is 408 g/mol. The van der Waals surface area contributed by atoms with Crippen LogP contribution >= 0.6 is 0 Å². The smallest absolute Gasteiger partial charge is 0.249 e. The summed E-state index contributed by atoms with van der Waals surface area (Å²) in [5, 5.41) is 3.00. The number of benzene rings is 2. The van der Waals surface area contributed by atoms with Crippen molar-refractivity contribution in [2.45, 2.75) is 51.8 Å². The first-order valence-electron chi connectivity index (χ1n) is 10.7. The highest BCUT2D eigenvalue weighted by atomic mass is 16.5. The topological polar surface area (TPSA) is 65.4 Å². The molecule has 1 saturated heterocycles. The zero-order chi connectivity index (χ0) is 20.8. The van der Waals surface area contributed by atoms with Gasteiger partial charge >= 0.3 is 0 Å². The second kappa shape index (κ2) is 9.76. The molecule has 0 saturated carbocycles. The molecule has 0 spiro atoms. The van der Waals surface area contributed by atoms with Gasteiger partial charge in [0.2, 0.25) is 5.91 Å². The van der Waals surface area contributed by atoms with Crippen LogP contribution in [0.3, 0.4) is 0 Å². The van der Waals surface area contributed by atoms with Crippen molar-refractivity contribution in [1.82, 2.24) is 14.9 Å². The number of amides is 1. The van der Waals surface area contributed by atoms with Gasteiger partial charge in [0.25, 0.3) is 0 Å². The lowest BCUT2D eigenvalue weighted by atomic mass is 10.2. The van der Waals surface area contributed by atoms with Crippen LogP contribution in [0.25, 0.3) is 11.0 Å². The number of imidazole rings is 1. The summed E-state index contributed by atoms with van der Waals surface area (Å²) in [6, 6.07) is 16.2. The van der Waals surface area contributed by atoms with E-state index in [4.69, 9.17) is 14.5 Å². The molecule has 2 heterocycles. The molecule has 6 heteroatoms. The number of hydrogen-bond donors (Lipinski definition) is 1. The number of carbonyl (C=O) groups excluding carboxylic acids is 1. The lowest BCUT2D eigenvalue weighted by Gasteiger charge is -2.13. The first-order chi connectivity index (χ1) is 14.7. The van der Waals surface area contributed by atoms with E-state index < -0.39 is 0 Å². The second-order valence-corrected chi connectivity index (χ2v) is 7.76. The van der Waals surface area contributed by atoms with Gasteiger partial charge in [-0.05, 0) is 62.4 Å². The number of aryl methyl sites for hydroxylation is 2. The minimum absolute atomic E-state index is 0.0438. The van der Waals surface area contributed by atoms with Crippen LogP contribution in [-0.4, -0.2) is 34.8 Å². The van der Waals surface area contributed by atoms with E-state index in [0.717, 1.165) is 54.8 Å². The molecule has 1 unspecified atom stereocenters. The summed E-state index contributed by atoms with van der Waals surface area (Å²) >= 11 is 0. The zero-order valence-corrected chi connectivity index (χ0v) is 17.5. The summed E-state index contributed by atoms with van der Waals surface area (Å²) in [4.78, 5) is 17.1. The van der Waals surface area contributed by atoms with Crippen LogP contribution in [0.2, 0.25) is 0 Å². The van der Waals surface area contributed by atoms with Gasteiger partial charge in [-0.15, -0.1) is 0 Å². The van der Waals surface area contributed by atoms with Crippen molar-refractivity contribution in [1.29, 1.82) is 0 Å². The van der Waals surface area contributed by atoms with Crippen LogP contribution in [-0.2, 0) is 22.6 Å². The molecule has 1 N–H and O–H groups in total. The molecule has 1 amide bonds. The third-order valence-electron chi connectivity index (χ3n) is 5.41. The van der Waals surface area contributed by atoms with E-state index in [1.54, 1.807) is 0 Å². The zero-order valence-electron chi connectivity index (χ0n) is 17.5. The SMILES string of the molecule is Cc1cccc(OCCCCn2c(CNC(=O)C3CCCO3)nc3ccccc32)c1. The molecule has 1 aliphatic rings. The maximum Gasteiger partial charge on any atom is 0.249 e. The third kappa shape index (κ3) is 5.00. The van der Waals surface area contributed by atoms with Crippen molar-refractivity contribution >= 4 is 16.9 Å². The molecule has 158 valence electrons. The Morgan fingerprint density at radius 2 is 2.13 bits per heavy atom. The van der Waals surface area contributed by atoms with Crippen molar-refractivity contribution in [2.24, 2.45) is 0 Å². The summed E-state index contributed by atoms with van der Waals surface area (Å²) in [6.07, 6.45) is 3.34. The van der Waals surface area contributed by atoms with Crippen LogP contribution in [0, 0.1) is 6.92 Å². The summed E-state index contributed by atoms with van der Waals surface area (Å²) in [5.41, 5.74) is 3.25. The molecule has 0 aliphatic carbocycles. The highest BCUT2D eigenvalue weighted by Gasteiger charge is 2.23. The molecular weight excluding hydrogens is 378 g/mol. The predicted octanol–water partition coefficient (Wildman–Crippen LogP) is 4.00. The van der Waals surface area contributed by atoms with Crippen LogP contribution in [0.15, 0.2) is 48.5 Å². The average Bonchev–Trinajstić information content (AvgIpc) is 3.40. The Morgan fingerprint density at radius 3 is 2.97 bits per heavy atom. The Balaban J connectivity index is 1.34. The van der Waals surface area contributed by atoms with Crippen molar-refractivity contribution in [2.75, 3.05) is 13.2 Å². The summed E-state index contributed by atoms with van der Waals surface area (Å²) in [5.74, 6) is 1.75. The van der Waals surface area contributed by atoms with E-state index >= 15 is 0 Å². The van der Waals surface area contributed by atoms with Crippen molar-refractivity contribution in [3.63, 3.8) is 0 Å². The van der Waals surface area contributed by atoms with Crippen LogP contribution in [0.1, 0.15) is 37.1 Å². The Kier molecular flexibility index (Phi) is 6.64. The fourth-order valence-electron chi connectivity index (χ4n) is 3.84. The van der Waals surface area contributed by atoms with Crippen LogP contribution in [0.5, 0.6) is 5.75 Å². The van der Waals surface area contributed by atoms with E-state index in [1.165, 1.54) is 5.56 Å². The van der Waals surface area contributed by atoms with Crippen LogP contribution in [0.4, 0.5) is 0 Å². The molecule has 2 aromatic carbocycles. The van der Waals surface area contributed by atoms with Crippen molar-refractivity contribution in [3.8, 4) is 5.75 Å². The number of aromatic nitrogens is 2. The molecule has 0 radical (unpaired) electrons. The number of rotatable bonds is 9. The number of unbranched alkanes of at least 4 members (excludes halogenated alkanes) is 1. The van der Waals surface area contributed by atoms with Gasteiger partial charge in [0, 0.05) is 13.2 Å². The van der Waals surface area contributed by atoms with Gasteiger partial charge in [-0.2, -0.15) is 0 Å². The number of ether oxygens (including phenoxy) is 2. The normalized spacial score (nSPS) is 16.1. The molecule has 1 fully saturated rings. The quantitative estimate of drug-likeness (QED) is 0.545. The second-order valence-electron chi connectivity index (χ2n) is 7.76. The Labute approximate surface area is 177 Å². The van der Waals surface area contributed by atoms with E-state index in [-0.39, 0.29) is 12.0 Å². The number of hydrogen-bond acceptors (Lipinski definition) is 4. The lowest BCUT2D eigenvalue weighted by Crippen LogP contribution is -2.34. The molecule has 3 aromatic rings. The van der Waals surface area contributed by atoms with Crippen molar-refractivity contribution < 1.29 is 14.3 Å². The monoisotopic (exact) mass is 407 g/mol. The molecule has 30 heavy (non-hydrogen) atoms. The number of nitrogens with one attached hydrogen (secondary N) is 1. The fourth-order valence-corrected chi connectivity index (χ4v) is 3.84. The minimum Gasteiger partial charge on any atom is -0.494 e.